The molecule has 0 aliphatic heterocycles. The van der Waals surface area contributed by atoms with Crippen LogP contribution in [0.4, 0.5) is 0 Å². The highest BCUT2D eigenvalue weighted by molar-refractivity contribution is 7.89. The smallest absolute Gasteiger partial charge is 0.207 e. The van der Waals surface area contributed by atoms with Gasteiger partial charge in [0.2, 0.25) is 10.0 Å². The van der Waals surface area contributed by atoms with E-state index in [2.05, 4.69) is 4.72 Å². The summed E-state index contributed by atoms with van der Waals surface area (Å²) in [6.45, 7) is 3.71. The fourth-order valence-electron chi connectivity index (χ4n) is 1.89. The zero-order chi connectivity index (χ0) is 13.9. The quantitative estimate of drug-likeness (QED) is 0.932. The molecular weight excluding hydrogens is 258 g/mol. The van der Waals surface area contributed by atoms with Crippen LogP contribution in [-0.4, -0.2) is 8.42 Å². The van der Waals surface area contributed by atoms with Gasteiger partial charge in [0.1, 0.15) is 0 Å². The summed E-state index contributed by atoms with van der Waals surface area (Å²) < 4.78 is 27.2. The number of hydrogen-bond donors (Lipinski definition) is 1. The van der Waals surface area contributed by atoms with Gasteiger partial charge in [-0.3, -0.25) is 0 Å². The molecule has 19 heavy (non-hydrogen) atoms. The lowest BCUT2D eigenvalue weighted by atomic mass is 10.1. The maximum Gasteiger partial charge on any atom is 0.241 e. The van der Waals surface area contributed by atoms with Crippen LogP contribution in [0.1, 0.15) is 24.1 Å². The molecule has 0 amide bonds. The molecule has 0 aliphatic carbocycles. The minimum Gasteiger partial charge on any atom is -0.207 e. The molecule has 3 nitrogen and oxygen atoms in total. The van der Waals surface area contributed by atoms with Gasteiger partial charge in [-0.15, -0.1) is 0 Å². The van der Waals surface area contributed by atoms with Crippen LogP contribution in [-0.2, 0) is 10.0 Å². The van der Waals surface area contributed by atoms with E-state index in [1.807, 2.05) is 50.2 Å². The summed E-state index contributed by atoms with van der Waals surface area (Å²) in [5.74, 6) is 0. The molecule has 0 unspecified atom stereocenters. The van der Waals surface area contributed by atoms with Crippen LogP contribution in [0.15, 0.2) is 59.5 Å². The Morgan fingerprint density at radius 3 is 2.32 bits per heavy atom. The Bertz CT molecular complexity index is 651. The first-order valence-electron chi connectivity index (χ1n) is 6.13. The van der Waals surface area contributed by atoms with Crippen LogP contribution in [0.25, 0.3) is 0 Å². The number of aryl methyl sites for hydroxylation is 1. The van der Waals surface area contributed by atoms with E-state index in [0.29, 0.717) is 4.90 Å². The highest BCUT2D eigenvalue weighted by Crippen LogP contribution is 2.17. The first-order valence-corrected chi connectivity index (χ1v) is 7.61. The van der Waals surface area contributed by atoms with Gasteiger partial charge in [-0.2, -0.15) is 0 Å². The van der Waals surface area contributed by atoms with Crippen molar-refractivity contribution >= 4 is 10.0 Å². The van der Waals surface area contributed by atoms with E-state index in [1.54, 1.807) is 18.2 Å². The third kappa shape index (κ3) is 3.43. The Morgan fingerprint density at radius 2 is 1.68 bits per heavy atom. The molecule has 0 fully saturated rings. The van der Waals surface area contributed by atoms with Crippen molar-refractivity contribution in [3.8, 4) is 0 Å². The lowest BCUT2D eigenvalue weighted by molar-refractivity contribution is 0.567. The number of benzene rings is 2. The van der Waals surface area contributed by atoms with Gasteiger partial charge in [0.05, 0.1) is 4.90 Å². The average molecular weight is 275 g/mol. The summed E-state index contributed by atoms with van der Waals surface area (Å²) in [5, 5.41) is 0. The average Bonchev–Trinajstić information content (AvgIpc) is 2.39. The number of hydrogen-bond acceptors (Lipinski definition) is 2. The zero-order valence-corrected chi connectivity index (χ0v) is 11.8. The monoisotopic (exact) mass is 275 g/mol. The van der Waals surface area contributed by atoms with E-state index in [4.69, 9.17) is 0 Å². The topological polar surface area (TPSA) is 46.2 Å². The molecule has 0 saturated heterocycles. The van der Waals surface area contributed by atoms with Crippen LogP contribution < -0.4 is 4.72 Å². The van der Waals surface area contributed by atoms with Gasteiger partial charge in [0.15, 0.2) is 0 Å². The fraction of sp³-hybridized carbons (Fsp3) is 0.200. The van der Waals surface area contributed by atoms with Gasteiger partial charge in [-0.25, -0.2) is 13.1 Å². The molecule has 1 atom stereocenters. The van der Waals surface area contributed by atoms with Crippen molar-refractivity contribution in [1.29, 1.82) is 0 Å². The van der Waals surface area contributed by atoms with Gasteiger partial charge >= 0.3 is 0 Å². The minimum absolute atomic E-state index is 0.258. The summed E-state index contributed by atoms with van der Waals surface area (Å²) in [5.41, 5.74) is 1.87. The van der Waals surface area contributed by atoms with E-state index in [0.717, 1.165) is 11.1 Å². The summed E-state index contributed by atoms with van der Waals surface area (Å²) >= 11 is 0. The molecule has 0 aliphatic rings. The highest BCUT2D eigenvalue weighted by atomic mass is 32.2. The first kappa shape index (κ1) is 13.8. The van der Waals surface area contributed by atoms with Crippen molar-refractivity contribution in [3.05, 3.63) is 65.7 Å². The lowest BCUT2D eigenvalue weighted by Gasteiger charge is -2.14. The molecule has 4 heteroatoms. The van der Waals surface area contributed by atoms with E-state index in [1.165, 1.54) is 0 Å². The molecule has 1 N–H and O–H groups in total. The van der Waals surface area contributed by atoms with Crippen molar-refractivity contribution in [3.63, 3.8) is 0 Å². The normalized spacial score (nSPS) is 13.2. The highest BCUT2D eigenvalue weighted by Gasteiger charge is 2.18. The second kappa shape index (κ2) is 5.55. The largest absolute Gasteiger partial charge is 0.241 e. The van der Waals surface area contributed by atoms with Crippen molar-refractivity contribution in [2.45, 2.75) is 24.8 Å². The molecule has 0 bridgehead atoms. The Balaban J connectivity index is 2.23. The zero-order valence-electron chi connectivity index (χ0n) is 11.0. The standard InChI is InChI=1S/C15H17NO2S/c1-12-7-6-10-15(11-12)19(17,18)16-13(2)14-8-4-3-5-9-14/h3-11,13,16H,1-2H3/t13-/m1/s1. The third-order valence-corrected chi connectivity index (χ3v) is 4.47. The lowest BCUT2D eigenvalue weighted by Crippen LogP contribution is -2.26. The van der Waals surface area contributed by atoms with Crippen molar-refractivity contribution in [2.75, 3.05) is 0 Å². The summed E-state index contributed by atoms with van der Waals surface area (Å²) in [7, 11) is -3.48. The molecule has 0 saturated carbocycles. The van der Waals surface area contributed by atoms with E-state index < -0.39 is 10.0 Å². The van der Waals surface area contributed by atoms with E-state index >= 15 is 0 Å². The maximum atomic E-state index is 12.3. The summed E-state index contributed by atoms with van der Waals surface area (Å²) in [6.07, 6.45) is 0. The molecular formula is C15H17NO2S. The second-order valence-electron chi connectivity index (χ2n) is 4.57. The van der Waals surface area contributed by atoms with Crippen molar-refractivity contribution < 1.29 is 8.42 Å². The fourth-order valence-corrected chi connectivity index (χ4v) is 3.23. The second-order valence-corrected chi connectivity index (χ2v) is 6.28. The number of sulfonamides is 1. The Kier molecular flexibility index (Phi) is 4.02. The van der Waals surface area contributed by atoms with Gasteiger partial charge < -0.3 is 0 Å². The van der Waals surface area contributed by atoms with Crippen LogP contribution >= 0.6 is 0 Å². The van der Waals surface area contributed by atoms with E-state index in [9.17, 15) is 8.42 Å². The SMILES string of the molecule is Cc1cccc(S(=O)(=O)N[C@H](C)c2ccccc2)c1. The predicted octanol–water partition coefficient (Wildman–Crippen LogP) is 3.03. The molecule has 0 heterocycles. The molecule has 0 radical (unpaired) electrons. The maximum absolute atomic E-state index is 12.3. The predicted molar refractivity (Wildman–Crippen MR) is 76.4 cm³/mol. The Hall–Kier alpha value is -1.65. The first-order chi connectivity index (χ1) is 8.99. The van der Waals surface area contributed by atoms with Gasteiger partial charge in [0, 0.05) is 6.04 Å². The van der Waals surface area contributed by atoms with Gasteiger partial charge in [-0.05, 0) is 37.1 Å². The van der Waals surface area contributed by atoms with Crippen LogP contribution in [0.5, 0.6) is 0 Å². The molecule has 0 spiro atoms. The summed E-state index contributed by atoms with van der Waals surface area (Å²) in [6, 6.07) is 16.1. The van der Waals surface area contributed by atoms with E-state index in [-0.39, 0.29) is 6.04 Å². The van der Waals surface area contributed by atoms with Crippen LogP contribution in [0.3, 0.4) is 0 Å². The number of rotatable bonds is 4. The van der Waals surface area contributed by atoms with Crippen LogP contribution in [0, 0.1) is 6.92 Å². The molecule has 100 valence electrons. The molecule has 2 aromatic rings. The van der Waals surface area contributed by atoms with Crippen molar-refractivity contribution in [2.24, 2.45) is 0 Å². The Morgan fingerprint density at radius 1 is 1.00 bits per heavy atom. The molecule has 0 aromatic heterocycles. The van der Waals surface area contributed by atoms with Gasteiger partial charge in [0.25, 0.3) is 0 Å². The third-order valence-electron chi connectivity index (χ3n) is 2.93. The van der Waals surface area contributed by atoms with Crippen LogP contribution in [0.2, 0.25) is 0 Å². The summed E-state index contributed by atoms with van der Waals surface area (Å²) in [4.78, 5) is 0.301. The minimum atomic E-state index is -3.48. The van der Waals surface area contributed by atoms with Gasteiger partial charge in [-0.1, -0.05) is 42.5 Å². The molecule has 2 rings (SSSR count). The number of nitrogens with one attached hydrogen (secondary N) is 1. The van der Waals surface area contributed by atoms with Crippen molar-refractivity contribution in [1.82, 2.24) is 4.72 Å². The molecule has 2 aromatic carbocycles. The Labute approximate surface area is 114 Å².